The van der Waals surface area contributed by atoms with E-state index < -0.39 is 34.4 Å². The largest absolute Gasteiger partial charge is 0.497 e. The number of rotatable bonds is 6. The number of thioether (sulfide) groups is 1. The van der Waals surface area contributed by atoms with Crippen LogP contribution in [0.1, 0.15) is 5.56 Å². The van der Waals surface area contributed by atoms with Crippen LogP contribution in [0, 0.1) is 0 Å². The fourth-order valence-electron chi connectivity index (χ4n) is 3.22. The van der Waals surface area contributed by atoms with E-state index in [1.807, 2.05) is 0 Å². The zero-order valence-electron chi connectivity index (χ0n) is 17.0. The normalized spacial score (nSPS) is 14.0. The highest BCUT2D eigenvalue weighted by molar-refractivity contribution is 8.10. The Morgan fingerprint density at radius 3 is 2.31 bits per heavy atom. The lowest BCUT2D eigenvalue weighted by molar-refractivity contribution is 0.413. The van der Waals surface area contributed by atoms with Crippen molar-refractivity contribution >= 4 is 52.9 Å². The molecule has 1 aromatic heterocycles. The third-order valence-corrected chi connectivity index (χ3v) is 11.7. The zero-order chi connectivity index (χ0) is 23.1. The second kappa shape index (κ2) is 8.54. The molecule has 0 N–H and O–H groups in total. The third-order valence-electron chi connectivity index (χ3n) is 4.91. The monoisotopic (exact) mass is 510 g/mol. The van der Waals surface area contributed by atoms with Gasteiger partial charge < -0.3 is 9.47 Å². The molecule has 32 heavy (non-hydrogen) atoms. The fraction of sp³-hybridized carbons (Fsp3) is 0.190. The molecule has 0 aliphatic carbocycles. The van der Waals surface area contributed by atoms with Gasteiger partial charge in [-0.1, -0.05) is 29.2 Å². The summed E-state index contributed by atoms with van der Waals surface area (Å²) >= 11 is 1.94. The maximum atomic E-state index is 13.0. The van der Waals surface area contributed by atoms with Crippen molar-refractivity contribution in [1.82, 2.24) is 0 Å². The van der Waals surface area contributed by atoms with Gasteiger partial charge in [0.2, 0.25) is 0 Å². The summed E-state index contributed by atoms with van der Waals surface area (Å²) in [6, 6.07) is 11.4. The van der Waals surface area contributed by atoms with Gasteiger partial charge in [-0.2, -0.15) is 0 Å². The molecule has 0 atom stereocenters. The van der Waals surface area contributed by atoms with Gasteiger partial charge in [0.1, 0.15) is 16.4 Å². The highest BCUT2D eigenvalue weighted by Gasteiger charge is 2.31. The number of ether oxygens (including phenoxy) is 2. The Bertz CT molecular complexity index is 1520. The van der Waals surface area contributed by atoms with Crippen molar-refractivity contribution in [2.24, 2.45) is 0 Å². The van der Waals surface area contributed by atoms with Crippen molar-refractivity contribution in [3.63, 3.8) is 0 Å². The van der Waals surface area contributed by atoms with Crippen LogP contribution < -0.4 is 14.2 Å². The number of methoxy groups -OCH3 is 2. The van der Waals surface area contributed by atoms with Gasteiger partial charge in [-0.15, -0.1) is 0 Å². The lowest BCUT2D eigenvalue weighted by Gasteiger charge is -2.17. The SMILES string of the molecule is COc1ccc2c(c1)SC=C(S(=O)(=O)CS(=O)(=O)c1cc3ccc(OC)cc3sc1=O)C2. The van der Waals surface area contributed by atoms with Crippen LogP contribution in [0.2, 0.25) is 0 Å². The van der Waals surface area contributed by atoms with Crippen molar-refractivity contribution in [1.29, 1.82) is 0 Å². The summed E-state index contributed by atoms with van der Waals surface area (Å²) in [5.74, 6) is 1.18. The first kappa shape index (κ1) is 22.8. The Morgan fingerprint density at radius 1 is 0.906 bits per heavy atom. The second-order valence-corrected chi connectivity index (χ2v) is 13.3. The summed E-state index contributed by atoms with van der Waals surface area (Å²) < 4.78 is 62.0. The van der Waals surface area contributed by atoms with E-state index in [0.717, 1.165) is 21.8 Å². The first-order valence-electron chi connectivity index (χ1n) is 9.23. The van der Waals surface area contributed by atoms with Gasteiger partial charge in [-0.25, -0.2) is 16.8 Å². The van der Waals surface area contributed by atoms with Crippen molar-refractivity contribution in [2.45, 2.75) is 16.2 Å². The summed E-state index contributed by atoms with van der Waals surface area (Å²) in [6.07, 6.45) is 0.0779. The molecule has 7 nitrogen and oxygen atoms in total. The van der Waals surface area contributed by atoms with Crippen molar-refractivity contribution in [2.75, 3.05) is 19.3 Å². The van der Waals surface area contributed by atoms with Crippen LogP contribution in [-0.2, 0) is 26.1 Å². The number of allylic oxidation sites excluding steroid dienone is 1. The van der Waals surface area contributed by atoms with Gasteiger partial charge >= 0.3 is 0 Å². The molecule has 168 valence electrons. The summed E-state index contributed by atoms with van der Waals surface area (Å²) in [5.41, 5.74) is 0.765. The van der Waals surface area contributed by atoms with Crippen LogP contribution in [0.3, 0.4) is 0 Å². The average Bonchev–Trinajstić information content (AvgIpc) is 2.76. The molecule has 2 heterocycles. The maximum Gasteiger partial charge on any atom is 0.251 e. The molecular formula is C21H18O7S4. The van der Waals surface area contributed by atoms with Gasteiger partial charge in [0.25, 0.3) is 4.74 Å². The summed E-state index contributed by atoms with van der Waals surface area (Å²) in [7, 11) is -5.52. The van der Waals surface area contributed by atoms with Gasteiger partial charge in [0.15, 0.2) is 24.8 Å². The lowest BCUT2D eigenvalue weighted by Crippen LogP contribution is -2.23. The predicted octanol–water partition coefficient (Wildman–Crippen LogP) is 3.61. The van der Waals surface area contributed by atoms with E-state index in [4.69, 9.17) is 9.47 Å². The quantitative estimate of drug-likeness (QED) is 0.495. The molecule has 11 heteroatoms. The molecule has 0 spiro atoms. The second-order valence-electron chi connectivity index (χ2n) is 7.00. The topological polar surface area (TPSA) is 104 Å². The predicted molar refractivity (Wildman–Crippen MR) is 126 cm³/mol. The van der Waals surface area contributed by atoms with E-state index in [9.17, 15) is 21.6 Å². The lowest BCUT2D eigenvalue weighted by atomic mass is 10.1. The number of hydrogen-bond acceptors (Lipinski definition) is 9. The van der Waals surface area contributed by atoms with Crippen molar-refractivity contribution < 1.29 is 26.3 Å². The molecule has 0 amide bonds. The van der Waals surface area contributed by atoms with Gasteiger partial charge in [-0.3, -0.25) is 4.79 Å². The van der Waals surface area contributed by atoms with Gasteiger partial charge in [-0.05, 0) is 52.8 Å². The average molecular weight is 511 g/mol. The molecule has 1 aliphatic heterocycles. The Morgan fingerprint density at radius 2 is 1.59 bits per heavy atom. The Hall–Kier alpha value is -2.34. The molecule has 1 aliphatic rings. The van der Waals surface area contributed by atoms with Crippen LogP contribution in [0.25, 0.3) is 10.1 Å². The van der Waals surface area contributed by atoms with Crippen molar-refractivity contribution in [3.8, 4) is 11.5 Å². The Balaban J connectivity index is 1.65. The number of benzene rings is 2. The zero-order valence-corrected chi connectivity index (χ0v) is 20.3. The molecule has 0 fully saturated rings. The fourth-order valence-corrected chi connectivity index (χ4v) is 9.74. The Kier molecular flexibility index (Phi) is 6.10. The van der Waals surface area contributed by atoms with Crippen LogP contribution in [0.4, 0.5) is 0 Å². The van der Waals surface area contributed by atoms with Gasteiger partial charge in [0, 0.05) is 16.0 Å². The molecule has 0 bridgehead atoms. The first-order valence-corrected chi connectivity index (χ1v) is 14.2. The van der Waals surface area contributed by atoms with E-state index in [0.29, 0.717) is 21.6 Å². The number of fused-ring (bicyclic) bond motifs is 2. The molecule has 2 aromatic carbocycles. The minimum atomic E-state index is -4.38. The van der Waals surface area contributed by atoms with Crippen LogP contribution >= 0.6 is 23.1 Å². The molecule has 4 rings (SSSR count). The molecule has 0 saturated carbocycles. The summed E-state index contributed by atoms with van der Waals surface area (Å²) in [4.78, 5) is 12.9. The summed E-state index contributed by atoms with van der Waals surface area (Å²) in [5, 5.41) is 0.795. The number of hydrogen-bond donors (Lipinski definition) is 0. The molecule has 0 unspecified atom stereocenters. The first-order chi connectivity index (χ1) is 15.1. The van der Waals surface area contributed by atoms with Crippen LogP contribution in [-0.4, -0.2) is 36.1 Å². The highest BCUT2D eigenvalue weighted by Crippen LogP contribution is 2.37. The summed E-state index contributed by atoms with van der Waals surface area (Å²) in [6.45, 7) is 0. The molecule has 0 saturated heterocycles. The van der Waals surface area contributed by atoms with E-state index in [1.54, 1.807) is 43.5 Å². The molecular weight excluding hydrogens is 492 g/mol. The van der Waals surface area contributed by atoms with E-state index >= 15 is 0 Å². The standard InChI is InChI=1S/C21H18O7S4/c1-27-15-5-3-13-7-17(11-29-18(13)9-15)31(23,24)12-32(25,26)20-8-14-4-6-16(28-2)10-19(14)30-21(20)22/h3-6,8-11H,7,12H2,1-2H3. The highest BCUT2D eigenvalue weighted by atomic mass is 32.3. The minimum Gasteiger partial charge on any atom is -0.497 e. The van der Waals surface area contributed by atoms with Crippen LogP contribution in [0.5, 0.6) is 11.5 Å². The van der Waals surface area contributed by atoms with Crippen LogP contribution in [0.15, 0.2) is 67.4 Å². The minimum absolute atomic E-state index is 0.00499. The Labute approximate surface area is 193 Å². The third kappa shape index (κ3) is 4.42. The van der Waals surface area contributed by atoms with E-state index in [1.165, 1.54) is 30.3 Å². The number of sulfone groups is 2. The molecule has 0 radical (unpaired) electrons. The van der Waals surface area contributed by atoms with Gasteiger partial charge in [0.05, 0.1) is 19.1 Å². The van der Waals surface area contributed by atoms with Crippen molar-refractivity contribution in [3.05, 3.63) is 67.9 Å². The smallest absolute Gasteiger partial charge is 0.251 e. The van der Waals surface area contributed by atoms with E-state index in [-0.39, 0.29) is 11.3 Å². The maximum absolute atomic E-state index is 13.0. The van der Waals surface area contributed by atoms with E-state index in [2.05, 4.69) is 0 Å². The molecule has 3 aromatic rings.